The van der Waals surface area contributed by atoms with Crippen molar-refractivity contribution in [3.8, 4) is 0 Å². The minimum Gasteiger partial charge on any atom is -0.317 e. The van der Waals surface area contributed by atoms with Gasteiger partial charge in [-0.3, -0.25) is 18.7 Å². The van der Waals surface area contributed by atoms with Gasteiger partial charge in [0.25, 0.3) is 11.1 Å². The summed E-state index contributed by atoms with van der Waals surface area (Å²) >= 11 is 0. The first-order valence-corrected chi connectivity index (χ1v) is 15.4. The average Bonchev–Trinajstić information content (AvgIpc) is 2.99. The van der Waals surface area contributed by atoms with Crippen LogP contribution < -0.4 is 33.1 Å². The van der Waals surface area contributed by atoms with Crippen molar-refractivity contribution in [3.63, 3.8) is 0 Å². The summed E-state index contributed by atoms with van der Waals surface area (Å²) in [5.41, 5.74) is -0.0440. The Labute approximate surface area is 245 Å². The fourth-order valence-corrected chi connectivity index (χ4v) is 5.46. The lowest BCUT2D eigenvalue weighted by atomic mass is 10.0. The zero-order valence-corrected chi connectivity index (χ0v) is 24.6. The number of benzene rings is 2. The first-order valence-electron chi connectivity index (χ1n) is 15.4. The molecule has 4 rings (SSSR count). The summed E-state index contributed by atoms with van der Waals surface area (Å²) in [7, 11) is 0. The van der Waals surface area contributed by atoms with Crippen molar-refractivity contribution in [1.29, 1.82) is 0 Å². The third-order valence-electron chi connectivity index (χ3n) is 7.82. The zero-order valence-electron chi connectivity index (χ0n) is 24.6. The maximum atomic E-state index is 12.8. The number of fused-ring (bicyclic) bond motifs is 2. The molecule has 10 nitrogen and oxygen atoms in total. The Morgan fingerprint density at radius 2 is 1.17 bits per heavy atom. The maximum Gasteiger partial charge on any atom is 0.328 e. The van der Waals surface area contributed by atoms with Crippen LogP contribution in [0.4, 0.5) is 0 Å². The fourth-order valence-electron chi connectivity index (χ4n) is 5.46. The molecule has 4 aromatic rings. The summed E-state index contributed by atoms with van der Waals surface area (Å²) in [4.78, 5) is 55.8. The Balaban J connectivity index is 1.15. The van der Waals surface area contributed by atoms with Crippen molar-refractivity contribution in [2.45, 2.75) is 83.8 Å². The Morgan fingerprint density at radius 1 is 0.643 bits per heavy atom. The lowest BCUT2D eigenvalue weighted by Gasteiger charge is -2.19. The van der Waals surface area contributed by atoms with E-state index >= 15 is 0 Å². The van der Waals surface area contributed by atoms with Gasteiger partial charge >= 0.3 is 11.4 Å². The van der Waals surface area contributed by atoms with Gasteiger partial charge in [0.15, 0.2) is 0 Å². The summed E-state index contributed by atoms with van der Waals surface area (Å²) in [6.45, 7) is 5.51. The molecule has 0 saturated carbocycles. The van der Waals surface area contributed by atoms with Gasteiger partial charge in [-0.2, -0.15) is 0 Å². The van der Waals surface area contributed by atoms with E-state index in [2.05, 4.69) is 27.5 Å². The van der Waals surface area contributed by atoms with Crippen molar-refractivity contribution >= 4 is 21.8 Å². The molecule has 2 aromatic carbocycles. The van der Waals surface area contributed by atoms with Crippen LogP contribution in [0, 0.1) is 0 Å². The van der Waals surface area contributed by atoms with E-state index in [1.54, 1.807) is 36.4 Å². The molecule has 0 amide bonds. The zero-order chi connectivity index (χ0) is 29.7. The number of aromatic nitrogens is 4. The maximum absolute atomic E-state index is 12.8. The first-order chi connectivity index (χ1) is 20.5. The van der Waals surface area contributed by atoms with Crippen LogP contribution in [-0.2, 0) is 13.1 Å². The third kappa shape index (κ3) is 8.39. The number of nitrogens with one attached hydrogen (secondary N) is 4. The van der Waals surface area contributed by atoms with Gasteiger partial charge in [-0.25, -0.2) is 9.59 Å². The second kappa shape index (κ2) is 16.0. The van der Waals surface area contributed by atoms with Crippen molar-refractivity contribution in [3.05, 3.63) is 90.2 Å². The summed E-state index contributed by atoms with van der Waals surface area (Å²) in [6.07, 6.45) is 9.04. The highest BCUT2D eigenvalue weighted by Gasteiger charge is 2.11. The highest BCUT2D eigenvalue weighted by molar-refractivity contribution is 5.77. The van der Waals surface area contributed by atoms with Crippen LogP contribution in [0.1, 0.15) is 64.7 Å². The van der Waals surface area contributed by atoms with Crippen LogP contribution in [-0.4, -0.2) is 44.8 Å². The molecule has 0 aliphatic rings. The topological polar surface area (TPSA) is 134 Å². The molecule has 0 fully saturated rings. The van der Waals surface area contributed by atoms with E-state index in [0.29, 0.717) is 47.4 Å². The Kier molecular flexibility index (Phi) is 11.9. The molecule has 0 radical (unpaired) electrons. The Hall–Kier alpha value is -3.76. The normalized spacial score (nSPS) is 12.3. The van der Waals surface area contributed by atoms with Crippen LogP contribution in [0.25, 0.3) is 21.8 Å². The lowest BCUT2D eigenvalue weighted by molar-refractivity contribution is 0.404. The number of unbranched alkanes of at least 4 members (excludes halogenated alkanes) is 3. The predicted molar refractivity (Wildman–Crippen MR) is 170 cm³/mol. The highest BCUT2D eigenvalue weighted by atomic mass is 16.2. The van der Waals surface area contributed by atoms with Crippen LogP contribution >= 0.6 is 0 Å². The van der Waals surface area contributed by atoms with Gasteiger partial charge in [0.2, 0.25) is 0 Å². The first kappa shape index (κ1) is 31.2. The van der Waals surface area contributed by atoms with Crippen LogP contribution in [0.5, 0.6) is 0 Å². The molecular weight excluding hydrogens is 532 g/mol. The molecule has 0 saturated heterocycles. The van der Waals surface area contributed by atoms with Gasteiger partial charge in [-0.05, 0) is 82.4 Å². The molecule has 4 N–H and O–H groups in total. The minimum atomic E-state index is -0.366. The van der Waals surface area contributed by atoms with Gasteiger partial charge in [0.1, 0.15) is 0 Å². The van der Waals surface area contributed by atoms with E-state index in [9.17, 15) is 19.2 Å². The molecule has 42 heavy (non-hydrogen) atoms. The predicted octanol–water partition coefficient (Wildman–Crippen LogP) is 3.47. The van der Waals surface area contributed by atoms with Crippen molar-refractivity contribution in [2.24, 2.45) is 0 Å². The van der Waals surface area contributed by atoms with E-state index < -0.39 is 0 Å². The van der Waals surface area contributed by atoms with Crippen molar-refractivity contribution < 1.29 is 0 Å². The monoisotopic (exact) mass is 576 g/mol. The summed E-state index contributed by atoms with van der Waals surface area (Å²) in [5, 5.41) is 8.18. The molecular formula is C32H44N6O4. The number of nitrogens with zero attached hydrogens (tertiary/aromatic N) is 2. The second-order valence-corrected chi connectivity index (χ2v) is 11.0. The lowest BCUT2D eigenvalue weighted by Crippen LogP contribution is -2.36. The molecule has 0 aliphatic heterocycles. The number of para-hydroxylation sites is 2. The number of aromatic amines is 2. The smallest absolute Gasteiger partial charge is 0.317 e. The molecule has 0 aliphatic carbocycles. The third-order valence-corrected chi connectivity index (χ3v) is 7.82. The SMILES string of the molecule is CCCCCC(CCCn1c(=O)[nH]c2ccccc2c1=O)NCCCCNCCCn1c(=O)[nH]c2ccccc2c1=O. The number of hydrogen-bond donors (Lipinski definition) is 4. The largest absolute Gasteiger partial charge is 0.328 e. The van der Waals surface area contributed by atoms with E-state index in [-0.39, 0.29) is 22.5 Å². The number of hydrogen-bond acceptors (Lipinski definition) is 6. The number of H-pyrrole nitrogens is 2. The molecule has 0 spiro atoms. The quantitative estimate of drug-likeness (QED) is 0.134. The van der Waals surface area contributed by atoms with Crippen molar-refractivity contribution in [2.75, 3.05) is 19.6 Å². The van der Waals surface area contributed by atoms with Gasteiger partial charge < -0.3 is 20.6 Å². The summed E-state index contributed by atoms with van der Waals surface area (Å²) < 4.78 is 2.60. The number of rotatable bonds is 18. The molecule has 2 aromatic heterocycles. The van der Waals surface area contributed by atoms with E-state index in [1.807, 2.05) is 12.1 Å². The van der Waals surface area contributed by atoms with Crippen LogP contribution in [0.2, 0.25) is 0 Å². The van der Waals surface area contributed by atoms with Gasteiger partial charge in [0, 0.05) is 19.1 Å². The summed E-state index contributed by atoms with van der Waals surface area (Å²) in [5.74, 6) is 0. The molecule has 1 unspecified atom stereocenters. The van der Waals surface area contributed by atoms with Gasteiger partial charge in [-0.15, -0.1) is 0 Å². The Bertz CT molecular complexity index is 1670. The van der Waals surface area contributed by atoms with Crippen LogP contribution in [0.15, 0.2) is 67.7 Å². The highest BCUT2D eigenvalue weighted by Crippen LogP contribution is 2.10. The minimum absolute atomic E-state index is 0.228. The average molecular weight is 577 g/mol. The van der Waals surface area contributed by atoms with E-state index in [4.69, 9.17) is 0 Å². The summed E-state index contributed by atoms with van der Waals surface area (Å²) in [6, 6.07) is 14.6. The molecule has 0 bridgehead atoms. The fraction of sp³-hybridized carbons (Fsp3) is 0.500. The second-order valence-electron chi connectivity index (χ2n) is 11.0. The Morgan fingerprint density at radius 3 is 1.79 bits per heavy atom. The van der Waals surface area contributed by atoms with Crippen LogP contribution in [0.3, 0.4) is 0 Å². The molecule has 226 valence electrons. The van der Waals surface area contributed by atoms with Gasteiger partial charge in [0.05, 0.1) is 21.8 Å². The molecule has 1 atom stereocenters. The van der Waals surface area contributed by atoms with E-state index in [1.165, 1.54) is 22.0 Å². The molecule has 2 heterocycles. The standard InChI is InChI=1S/C32H44N6O4/c1-2-3-4-13-24(14-11-22-37-29(39)25-15-5-7-17-27(25)35-31(37)41)34-21-10-9-19-33-20-12-23-38-30(40)26-16-6-8-18-28(26)36-32(38)42/h5-8,15-18,24,33-34H,2-4,9-14,19-23H2,1H3,(H,35,41)(H,36,42). The van der Waals surface area contributed by atoms with Crippen molar-refractivity contribution in [1.82, 2.24) is 29.7 Å². The molecule has 10 heteroatoms. The van der Waals surface area contributed by atoms with E-state index in [0.717, 1.165) is 58.2 Å². The van der Waals surface area contributed by atoms with Gasteiger partial charge in [-0.1, -0.05) is 50.5 Å².